The maximum atomic E-state index is 11.7. The maximum absolute atomic E-state index is 11.7. The number of benzene rings is 1. The van der Waals surface area contributed by atoms with Crippen molar-refractivity contribution in [1.82, 2.24) is 10.2 Å². The minimum Gasteiger partial charge on any atom is -0.465 e. The van der Waals surface area contributed by atoms with Gasteiger partial charge in [0.15, 0.2) is 0 Å². The van der Waals surface area contributed by atoms with E-state index in [0.717, 1.165) is 43.3 Å². The molecule has 1 spiro atoms. The Morgan fingerprint density at radius 3 is 2.78 bits per heavy atom. The first-order valence-corrected chi connectivity index (χ1v) is 8.30. The second-order valence-electron chi connectivity index (χ2n) is 6.51. The van der Waals surface area contributed by atoms with Gasteiger partial charge in [-0.1, -0.05) is 11.6 Å². The topological polar surface area (TPSA) is 41.6 Å². The van der Waals surface area contributed by atoms with Crippen molar-refractivity contribution in [2.24, 2.45) is 5.41 Å². The van der Waals surface area contributed by atoms with E-state index < -0.39 is 0 Å². The van der Waals surface area contributed by atoms with Gasteiger partial charge in [-0.15, -0.1) is 12.4 Å². The molecule has 128 valence electrons. The van der Waals surface area contributed by atoms with Crippen LogP contribution in [0.4, 0.5) is 0 Å². The number of rotatable bonds is 3. The molecule has 2 aliphatic rings. The van der Waals surface area contributed by atoms with Crippen molar-refractivity contribution < 1.29 is 9.53 Å². The van der Waals surface area contributed by atoms with Crippen LogP contribution in [0.5, 0.6) is 0 Å². The van der Waals surface area contributed by atoms with Gasteiger partial charge in [-0.05, 0) is 68.1 Å². The number of ether oxygens (including phenoxy) is 1. The van der Waals surface area contributed by atoms with Gasteiger partial charge in [-0.25, -0.2) is 4.79 Å². The van der Waals surface area contributed by atoms with Gasteiger partial charge in [-0.3, -0.25) is 4.90 Å². The summed E-state index contributed by atoms with van der Waals surface area (Å²) >= 11 is 6.31. The van der Waals surface area contributed by atoms with Crippen molar-refractivity contribution >= 4 is 30.0 Å². The first-order chi connectivity index (χ1) is 10.6. The fourth-order valence-corrected chi connectivity index (χ4v) is 3.89. The van der Waals surface area contributed by atoms with Crippen LogP contribution in [0.3, 0.4) is 0 Å². The average Bonchev–Trinajstić information content (AvgIpc) is 2.91. The number of carbonyl (C=O) groups excluding carboxylic acids is 1. The van der Waals surface area contributed by atoms with Crippen LogP contribution in [0.2, 0.25) is 5.02 Å². The highest BCUT2D eigenvalue weighted by molar-refractivity contribution is 6.31. The van der Waals surface area contributed by atoms with Crippen molar-refractivity contribution in [3.63, 3.8) is 0 Å². The van der Waals surface area contributed by atoms with E-state index in [-0.39, 0.29) is 18.4 Å². The third-order valence-corrected chi connectivity index (χ3v) is 5.41. The zero-order valence-electron chi connectivity index (χ0n) is 13.4. The van der Waals surface area contributed by atoms with Crippen LogP contribution in [0.25, 0.3) is 0 Å². The van der Waals surface area contributed by atoms with Crippen molar-refractivity contribution in [2.75, 3.05) is 33.3 Å². The monoisotopic (exact) mass is 358 g/mol. The van der Waals surface area contributed by atoms with Crippen LogP contribution < -0.4 is 5.32 Å². The summed E-state index contributed by atoms with van der Waals surface area (Å²) in [6.07, 6.45) is 3.79. The summed E-state index contributed by atoms with van der Waals surface area (Å²) in [4.78, 5) is 14.1. The van der Waals surface area contributed by atoms with E-state index in [1.165, 1.54) is 26.4 Å². The maximum Gasteiger partial charge on any atom is 0.337 e. The number of halogens is 2. The molecule has 0 atom stereocenters. The van der Waals surface area contributed by atoms with E-state index in [4.69, 9.17) is 16.3 Å². The normalized spacial score (nSPS) is 20.3. The molecule has 0 bridgehead atoms. The number of hydrogen-bond donors (Lipinski definition) is 1. The van der Waals surface area contributed by atoms with Gasteiger partial charge in [0.05, 0.1) is 12.7 Å². The lowest BCUT2D eigenvalue weighted by molar-refractivity contribution is 0.0600. The molecule has 0 aliphatic carbocycles. The lowest BCUT2D eigenvalue weighted by Crippen LogP contribution is -2.38. The second kappa shape index (κ2) is 7.84. The van der Waals surface area contributed by atoms with Crippen molar-refractivity contribution in [1.29, 1.82) is 0 Å². The molecule has 3 rings (SSSR count). The molecule has 1 aromatic carbocycles. The number of piperidine rings is 1. The Kier molecular flexibility index (Phi) is 6.32. The summed E-state index contributed by atoms with van der Waals surface area (Å²) in [5.74, 6) is -0.311. The molecule has 0 radical (unpaired) electrons. The molecule has 2 saturated heterocycles. The average molecular weight is 359 g/mol. The summed E-state index contributed by atoms with van der Waals surface area (Å²) in [5.41, 5.74) is 2.06. The SMILES string of the molecule is COC(=O)c1ccc(Cl)c(CN2CCC3(CCNCC3)C2)c1.Cl. The fraction of sp³-hybridized carbons (Fsp3) is 0.588. The van der Waals surface area contributed by atoms with E-state index in [1.54, 1.807) is 12.1 Å². The van der Waals surface area contributed by atoms with E-state index >= 15 is 0 Å². The number of carbonyl (C=O) groups is 1. The van der Waals surface area contributed by atoms with Crippen LogP contribution in [0, 0.1) is 5.41 Å². The molecular weight excluding hydrogens is 335 g/mol. The van der Waals surface area contributed by atoms with Crippen LogP contribution in [0.15, 0.2) is 18.2 Å². The highest BCUT2D eigenvalue weighted by atomic mass is 35.5. The Morgan fingerprint density at radius 1 is 1.35 bits per heavy atom. The summed E-state index contributed by atoms with van der Waals surface area (Å²) < 4.78 is 4.79. The zero-order chi connectivity index (χ0) is 15.6. The van der Waals surface area contributed by atoms with Gasteiger partial charge in [0, 0.05) is 18.1 Å². The molecular formula is C17H24Cl2N2O2. The standard InChI is InChI=1S/C17H23ClN2O2.ClH/c1-22-16(21)13-2-3-15(18)14(10-13)11-20-9-6-17(12-20)4-7-19-8-5-17;/h2-3,10,19H,4-9,11-12H2,1H3;1H. The predicted octanol–water partition coefficient (Wildman–Crippen LogP) is 3.12. The summed E-state index contributed by atoms with van der Waals surface area (Å²) in [6, 6.07) is 5.37. The number of nitrogens with one attached hydrogen (secondary N) is 1. The van der Waals surface area contributed by atoms with Crippen molar-refractivity contribution in [3.05, 3.63) is 34.3 Å². The molecule has 4 nitrogen and oxygen atoms in total. The van der Waals surface area contributed by atoms with Crippen molar-refractivity contribution in [3.8, 4) is 0 Å². The fourth-order valence-electron chi connectivity index (χ4n) is 3.71. The minimum absolute atomic E-state index is 0. The molecule has 1 aromatic rings. The van der Waals surface area contributed by atoms with Crippen molar-refractivity contribution in [2.45, 2.75) is 25.8 Å². The quantitative estimate of drug-likeness (QED) is 0.842. The second-order valence-corrected chi connectivity index (χ2v) is 6.92. The van der Waals surface area contributed by atoms with Gasteiger partial charge >= 0.3 is 5.97 Å². The van der Waals surface area contributed by atoms with E-state index in [1.807, 2.05) is 6.07 Å². The van der Waals surface area contributed by atoms with Gasteiger partial charge < -0.3 is 10.1 Å². The highest BCUT2D eigenvalue weighted by Crippen LogP contribution is 2.39. The molecule has 23 heavy (non-hydrogen) atoms. The van der Waals surface area contributed by atoms with Crippen LogP contribution in [-0.4, -0.2) is 44.2 Å². The smallest absolute Gasteiger partial charge is 0.337 e. The first-order valence-electron chi connectivity index (χ1n) is 7.92. The summed E-state index contributed by atoms with van der Waals surface area (Å²) in [6.45, 7) is 5.31. The number of esters is 1. The molecule has 0 aromatic heterocycles. The number of likely N-dealkylation sites (tertiary alicyclic amines) is 1. The molecule has 6 heteroatoms. The van der Waals surface area contributed by atoms with Gasteiger partial charge in [0.25, 0.3) is 0 Å². The Morgan fingerprint density at radius 2 is 2.09 bits per heavy atom. The molecule has 2 fully saturated rings. The van der Waals surface area contributed by atoms with Gasteiger partial charge in [0.1, 0.15) is 0 Å². The molecule has 2 aliphatic heterocycles. The van der Waals surface area contributed by atoms with Crippen LogP contribution >= 0.6 is 24.0 Å². The Balaban J connectivity index is 0.00000192. The third-order valence-electron chi connectivity index (χ3n) is 5.04. The third kappa shape index (κ3) is 4.18. The van der Waals surface area contributed by atoms with Crippen LogP contribution in [0.1, 0.15) is 35.2 Å². The van der Waals surface area contributed by atoms with E-state index in [9.17, 15) is 4.79 Å². The lowest BCUT2D eigenvalue weighted by atomic mass is 9.78. The molecule has 0 saturated carbocycles. The molecule has 2 heterocycles. The van der Waals surface area contributed by atoms with E-state index in [0.29, 0.717) is 11.0 Å². The minimum atomic E-state index is -0.311. The number of nitrogens with zero attached hydrogens (tertiary/aromatic N) is 1. The van der Waals surface area contributed by atoms with Gasteiger partial charge in [-0.2, -0.15) is 0 Å². The predicted molar refractivity (Wildman–Crippen MR) is 94.5 cm³/mol. The van der Waals surface area contributed by atoms with Gasteiger partial charge in [0.2, 0.25) is 0 Å². The summed E-state index contributed by atoms with van der Waals surface area (Å²) in [7, 11) is 1.40. The number of hydrogen-bond acceptors (Lipinski definition) is 4. The highest BCUT2D eigenvalue weighted by Gasteiger charge is 2.38. The Labute approximate surface area is 148 Å². The lowest BCUT2D eigenvalue weighted by Gasteiger charge is -2.34. The van der Waals surface area contributed by atoms with E-state index in [2.05, 4.69) is 10.2 Å². The molecule has 0 amide bonds. The molecule has 1 N–H and O–H groups in total. The molecule has 0 unspecified atom stereocenters. The Bertz CT molecular complexity index is 560. The van der Waals surface area contributed by atoms with Crippen LogP contribution in [-0.2, 0) is 11.3 Å². The Hall–Kier alpha value is -0.810. The largest absolute Gasteiger partial charge is 0.465 e. The zero-order valence-corrected chi connectivity index (χ0v) is 15.0. The first kappa shape index (κ1) is 18.5. The summed E-state index contributed by atoms with van der Waals surface area (Å²) in [5, 5.41) is 4.17. The number of methoxy groups -OCH3 is 1.